The minimum absolute atomic E-state index is 0.0134. The molecular weight excluding hydrogens is 389 g/mol. The molecule has 0 aromatic heterocycles. The van der Waals surface area contributed by atoms with Crippen LogP contribution in [0.3, 0.4) is 0 Å². The van der Waals surface area contributed by atoms with Gasteiger partial charge in [-0.25, -0.2) is 4.79 Å². The van der Waals surface area contributed by atoms with Gasteiger partial charge in [0.05, 0.1) is 6.42 Å². The number of rotatable bonds is 6. The molecule has 1 amide bonds. The zero-order valence-corrected chi connectivity index (χ0v) is 17.1. The second-order valence-electron chi connectivity index (χ2n) is 8.12. The standard InChI is InChI=1S/C23H24FNO5/c1-23(2,3)30-20(26)12-19(21(24)27)25-22(28)29-13-18-16-10-6-4-8-14(16)15-9-5-7-11-17(15)18/h4-11,18-19H,12-13H2,1-3H3,(H,25,28)/t19-/m0/s1. The third-order valence-electron chi connectivity index (χ3n) is 4.70. The van der Waals surface area contributed by atoms with Crippen LogP contribution in [0.15, 0.2) is 48.5 Å². The Labute approximate surface area is 174 Å². The summed E-state index contributed by atoms with van der Waals surface area (Å²) in [5.74, 6) is -0.967. The van der Waals surface area contributed by atoms with Crippen LogP contribution in [0.25, 0.3) is 11.1 Å². The predicted molar refractivity (Wildman–Crippen MR) is 109 cm³/mol. The van der Waals surface area contributed by atoms with E-state index in [0.717, 1.165) is 22.3 Å². The number of benzene rings is 2. The molecule has 0 bridgehead atoms. The highest BCUT2D eigenvalue weighted by Crippen LogP contribution is 2.44. The molecule has 0 saturated heterocycles. The number of fused-ring (bicyclic) bond motifs is 3. The summed E-state index contributed by atoms with van der Waals surface area (Å²) in [5.41, 5.74) is 3.41. The zero-order valence-electron chi connectivity index (χ0n) is 17.1. The molecule has 0 fully saturated rings. The highest BCUT2D eigenvalue weighted by Gasteiger charge is 2.31. The van der Waals surface area contributed by atoms with Crippen LogP contribution in [-0.2, 0) is 19.1 Å². The van der Waals surface area contributed by atoms with Crippen LogP contribution in [0.4, 0.5) is 9.18 Å². The Morgan fingerprint density at radius 2 is 1.53 bits per heavy atom. The molecule has 158 valence electrons. The Morgan fingerprint density at radius 3 is 2.03 bits per heavy atom. The quantitative estimate of drug-likeness (QED) is 0.569. The summed E-state index contributed by atoms with van der Waals surface area (Å²) in [6.07, 6.45) is -1.59. The van der Waals surface area contributed by atoms with E-state index >= 15 is 0 Å². The topological polar surface area (TPSA) is 81.7 Å². The van der Waals surface area contributed by atoms with Crippen molar-refractivity contribution in [2.45, 2.75) is 44.8 Å². The molecule has 3 rings (SSSR count). The van der Waals surface area contributed by atoms with E-state index in [1.165, 1.54) is 0 Å². The summed E-state index contributed by atoms with van der Waals surface area (Å²) >= 11 is 0. The molecule has 1 atom stereocenters. The Bertz CT molecular complexity index is 921. The number of amides is 1. The minimum atomic E-state index is -1.84. The van der Waals surface area contributed by atoms with Gasteiger partial charge in [-0.15, -0.1) is 0 Å². The smallest absolute Gasteiger partial charge is 0.407 e. The molecule has 0 aliphatic heterocycles. The first-order valence-electron chi connectivity index (χ1n) is 9.68. The first kappa shape index (κ1) is 21.5. The lowest BCUT2D eigenvalue weighted by Crippen LogP contribution is -2.42. The molecule has 2 aromatic carbocycles. The van der Waals surface area contributed by atoms with Gasteiger partial charge in [-0.05, 0) is 43.0 Å². The molecular formula is C23H24FNO5. The summed E-state index contributed by atoms with van der Waals surface area (Å²) in [4.78, 5) is 35.3. The van der Waals surface area contributed by atoms with Gasteiger partial charge in [0.25, 0.3) is 0 Å². The second-order valence-corrected chi connectivity index (χ2v) is 8.12. The average molecular weight is 413 g/mol. The summed E-state index contributed by atoms with van der Waals surface area (Å²) in [6, 6.07) is 12.2. The largest absolute Gasteiger partial charge is 0.460 e. The van der Waals surface area contributed by atoms with Crippen LogP contribution < -0.4 is 5.32 Å². The van der Waals surface area contributed by atoms with E-state index in [-0.39, 0.29) is 12.5 Å². The van der Waals surface area contributed by atoms with E-state index in [0.29, 0.717) is 0 Å². The minimum Gasteiger partial charge on any atom is -0.460 e. The zero-order chi connectivity index (χ0) is 21.9. The maximum atomic E-state index is 13.3. The molecule has 1 aliphatic carbocycles. The van der Waals surface area contributed by atoms with Crippen molar-refractivity contribution in [3.63, 3.8) is 0 Å². The number of hydrogen-bond acceptors (Lipinski definition) is 5. The van der Waals surface area contributed by atoms with E-state index in [4.69, 9.17) is 9.47 Å². The molecule has 0 unspecified atom stereocenters. The molecule has 0 radical (unpaired) electrons. The van der Waals surface area contributed by atoms with E-state index < -0.39 is 36.2 Å². The van der Waals surface area contributed by atoms with Gasteiger partial charge in [0.15, 0.2) is 0 Å². The van der Waals surface area contributed by atoms with Crippen molar-refractivity contribution < 1.29 is 28.2 Å². The van der Waals surface area contributed by atoms with Gasteiger partial charge in [-0.3, -0.25) is 9.59 Å². The van der Waals surface area contributed by atoms with Gasteiger partial charge < -0.3 is 14.8 Å². The van der Waals surface area contributed by atoms with Gasteiger partial charge >= 0.3 is 18.1 Å². The van der Waals surface area contributed by atoms with Gasteiger partial charge in [0.1, 0.15) is 18.2 Å². The lowest BCUT2D eigenvalue weighted by molar-refractivity contribution is -0.157. The summed E-state index contributed by atoms with van der Waals surface area (Å²) in [6.45, 7) is 4.96. The summed E-state index contributed by atoms with van der Waals surface area (Å²) in [5, 5.41) is 2.12. The number of alkyl carbamates (subject to hydrolysis) is 1. The fourth-order valence-corrected chi connectivity index (χ4v) is 3.52. The van der Waals surface area contributed by atoms with Crippen LogP contribution in [0.2, 0.25) is 0 Å². The predicted octanol–water partition coefficient (Wildman–Crippen LogP) is 4.12. The lowest BCUT2D eigenvalue weighted by Gasteiger charge is -2.21. The maximum Gasteiger partial charge on any atom is 0.407 e. The summed E-state index contributed by atoms with van der Waals surface area (Å²) < 4.78 is 23.7. The van der Waals surface area contributed by atoms with E-state index in [9.17, 15) is 18.8 Å². The lowest BCUT2D eigenvalue weighted by atomic mass is 9.98. The van der Waals surface area contributed by atoms with Crippen molar-refractivity contribution in [2.24, 2.45) is 0 Å². The highest BCUT2D eigenvalue weighted by molar-refractivity contribution is 5.86. The number of nitrogens with one attached hydrogen (secondary N) is 1. The molecule has 6 nitrogen and oxygen atoms in total. The van der Waals surface area contributed by atoms with Gasteiger partial charge in [0, 0.05) is 5.92 Å². The Morgan fingerprint density at radius 1 is 1.00 bits per heavy atom. The van der Waals surface area contributed by atoms with Crippen LogP contribution in [0.1, 0.15) is 44.2 Å². The molecule has 0 spiro atoms. The Balaban J connectivity index is 1.64. The Kier molecular flexibility index (Phi) is 6.20. The van der Waals surface area contributed by atoms with Crippen LogP contribution >= 0.6 is 0 Å². The third kappa shape index (κ3) is 5.03. The molecule has 0 heterocycles. The third-order valence-corrected chi connectivity index (χ3v) is 4.70. The highest BCUT2D eigenvalue weighted by atomic mass is 19.1. The summed E-state index contributed by atoms with van der Waals surface area (Å²) in [7, 11) is 0. The number of halogens is 1. The van der Waals surface area contributed by atoms with Crippen molar-refractivity contribution in [1.29, 1.82) is 0 Å². The van der Waals surface area contributed by atoms with E-state index in [1.807, 2.05) is 48.5 Å². The fourth-order valence-electron chi connectivity index (χ4n) is 3.52. The van der Waals surface area contributed by atoms with Crippen molar-refractivity contribution in [2.75, 3.05) is 6.61 Å². The van der Waals surface area contributed by atoms with E-state index in [1.54, 1.807) is 20.8 Å². The molecule has 1 aliphatic rings. The van der Waals surface area contributed by atoms with Gasteiger partial charge in [-0.1, -0.05) is 48.5 Å². The monoisotopic (exact) mass is 413 g/mol. The molecule has 0 saturated carbocycles. The average Bonchev–Trinajstić information content (AvgIpc) is 2.98. The SMILES string of the molecule is CC(C)(C)OC(=O)C[C@H](NC(=O)OCC1c2ccccc2-c2ccccc21)C(=O)F. The van der Waals surface area contributed by atoms with Crippen molar-refractivity contribution in [3.05, 3.63) is 59.7 Å². The molecule has 1 N–H and O–H groups in total. The van der Waals surface area contributed by atoms with Crippen molar-refractivity contribution in [1.82, 2.24) is 5.32 Å². The first-order valence-corrected chi connectivity index (χ1v) is 9.68. The molecule has 7 heteroatoms. The molecule has 30 heavy (non-hydrogen) atoms. The van der Waals surface area contributed by atoms with Crippen molar-refractivity contribution in [3.8, 4) is 11.1 Å². The normalized spacial score (nSPS) is 13.7. The van der Waals surface area contributed by atoms with E-state index in [2.05, 4.69) is 5.32 Å². The first-order chi connectivity index (χ1) is 14.2. The van der Waals surface area contributed by atoms with Crippen LogP contribution in [-0.4, -0.2) is 36.3 Å². The van der Waals surface area contributed by atoms with Crippen LogP contribution in [0.5, 0.6) is 0 Å². The van der Waals surface area contributed by atoms with Gasteiger partial charge in [0.2, 0.25) is 0 Å². The molecule has 2 aromatic rings. The number of carbonyl (C=O) groups is 3. The number of hydrogen-bond donors (Lipinski definition) is 1. The second kappa shape index (κ2) is 8.65. The Hall–Kier alpha value is -3.22. The van der Waals surface area contributed by atoms with Gasteiger partial charge in [-0.2, -0.15) is 4.39 Å². The fraction of sp³-hybridized carbons (Fsp3) is 0.348. The maximum absolute atomic E-state index is 13.3. The van der Waals surface area contributed by atoms with Crippen molar-refractivity contribution >= 4 is 18.1 Å². The van der Waals surface area contributed by atoms with Crippen LogP contribution in [0, 0.1) is 0 Å². The number of ether oxygens (including phenoxy) is 2. The number of carbonyl (C=O) groups excluding carboxylic acids is 3. The number of esters is 1.